The Labute approximate surface area is 204 Å². The summed E-state index contributed by atoms with van der Waals surface area (Å²) in [5.74, 6) is 0.187. The molecule has 0 aliphatic rings. The second kappa shape index (κ2) is 9.81. The van der Waals surface area contributed by atoms with Crippen molar-refractivity contribution in [2.75, 3.05) is 6.61 Å². The average Bonchev–Trinajstić information content (AvgIpc) is 3.28. The molecule has 5 aromatic rings. The fourth-order valence-corrected chi connectivity index (χ4v) is 4.08. The molecule has 35 heavy (non-hydrogen) atoms. The number of ether oxygens (including phenoxy) is 1. The Balaban J connectivity index is 1.43. The van der Waals surface area contributed by atoms with E-state index in [-0.39, 0.29) is 12.5 Å². The molecule has 0 aliphatic carbocycles. The lowest BCUT2D eigenvalue weighted by molar-refractivity contribution is -0.123. The Morgan fingerprint density at radius 3 is 2.31 bits per heavy atom. The third kappa shape index (κ3) is 4.77. The highest BCUT2D eigenvalue weighted by Crippen LogP contribution is 2.33. The number of para-hydroxylation sites is 1. The number of pyridine rings is 1. The highest BCUT2D eigenvalue weighted by atomic mass is 16.5. The minimum absolute atomic E-state index is 0.116. The molecule has 0 saturated carbocycles. The quantitative estimate of drug-likeness (QED) is 0.352. The summed E-state index contributed by atoms with van der Waals surface area (Å²) in [5.41, 5.74) is 6.66. The third-order valence-electron chi connectivity index (χ3n) is 5.95. The van der Waals surface area contributed by atoms with Crippen LogP contribution in [0.15, 0.2) is 91.0 Å². The van der Waals surface area contributed by atoms with Gasteiger partial charge in [-0.15, -0.1) is 0 Å². The van der Waals surface area contributed by atoms with E-state index in [1.165, 1.54) is 0 Å². The number of amides is 1. The van der Waals surface area contributed by atoms with Gasteiger partial charge in [-0.1, -0.05) is 72.8 Å². The number of nitrogens with one attached hydrogen (secondary N) is 1. The van der Waals surface area contributed by atoms with Gasteiger partial charge in [0, 0.05) is 18.2 Å². The van der Waals surface area contributed by atoms with E-state index in [0.29, 0.717) is 18.1 Å². The highest BCUT2D eigenvalue weighted by Gasteiger charge is 2.19. The van der Waals surface area contributed by atoms with Gasteiger partial charge in [0.05, 0.1) is 11.1 Å². The zero-order valence-electron chi connectivity index (χ0n) is 19.7. The summed E-state index contributed by atoms with van der Waals surface area (Å²) in [7, 11) is 0. The minimum atomic E-state index is -0.200. The molecule has 1 N–H and O–H groups in total. The number of hydrogen-bond acceptors (Lipinski definition) is 4. The van der Waals surface area contributed by atoms with Gasteiger partial charge in [-0.3, -0.25) is 4.79 Å². The number of fused-ring (bicyclic) bond motifs is 1. The molecule has 3 aromatic carbocycles. The first-order valence-corrected chi connectivity index (χ1v) is 11.6. The van der Waals surface area contributed by atoms with Crippen molar-refractivity contribution < 1.29 is 9.53 Å². The van der Waals surface area contributed by atoms with Crippen LogP contribution in [0.5, 0.6) is 5.88 Å². The monoisotopic (exact) mass is 462 g/mol. The maximum absolute atomic E-state index is 12.4. The van der Waals surface area contributed by atoms with Crippen molar-refractivity contribution in [3.8, 4) is 22.8 Å². The van der Waals surface area contributed by atoms with Crippen molar-refractivity contribution in [1.82, 2.24) is 20.1 Å². The predicted octanol–water partition coefficient (Wildman–Crippen LogP) is 5.40. The zero-order chi connectivity index (χ0) is 24.2. The van der Waals surface area contributed by atoms with Crippen LogP contribution in [0.3, 0.4) is 0 Å². The molecule has 6 nitrogen and oxygen atoms in total. The molecule has 0 fully saturated rings. The van der Waals surface area contributed by atoms with Crippen molar-refractivity contribution in [1.29, 1.82) is 0 Å². The van der Waals surface area contributed by atoms with Crippen LogP contribution in [0.25, 0.3) is 28.0 Å². The van der Waals surface area contributed by atoms with Crippen LogP contribution >= 0.6 is 0 Å². The number of aromatic nitrogens is 3. The predicted molar refractivity (Wildman–Crippen MR) is 138 cm³/mol. The van der Waals surface area contributed by atoms with Crippen LogP contribution < -0.4 is 10.1 Å². The Morgan fingerprint density at radius 1 is 0.886 bits per heavy atom. The first-order chi connectivity index (χ1) is 17.1. The molecule has 0 spiro atoms. The zero-order valence-corrected chi connectivity index (χ0v) is 19.7. The first kappa shape index (κ1) is 22.3. The standard InChI is InChI=1S/C29H26N4O2/c1-20-11-9-10-14-23(20)18-30-25(34)19-35-26-17-21(2)27-28(22-12-5-3-6-13-22)32-33(29(27)31-26)24-15-7-4-8-16-24/h3-17H,18-19H2,1-2H3,(H,30,34). The van der Waals surface area contributed by atoms with Crippen molar-refractivity contribution in [2.45, 2.75) is 20.4 Å². The van der Waals surface area contributed by atoms with Crippen molar-refractivity contribution >= 4 is 16.9 Å². The normalized spacial score (nSPS) is 10.9. The summed E-state index contributed by atoms with van der Waals surface area (Å²) < 4.78 is 7.65. The van der Waals surface area contributed by atoms with Crippen molar-refractivity contribution in [3.05, 3.63) is 108 Å². The Kier molecular flexibility index (Phi) is 6.26. The maximum atomic E-state index is 12.4. The summed E-state index contributed by atoms with van der Waals surface area (Å²) in [4.78, 5) is 17.2. The fraction of sp³-hybridized carbons (Fsp3) is 0.138. The van der Waals surface area contributed by atoms with E-state index in [1.54, 1.807) is 0 Å². The van der Waals surface area contributed by atoms with E-state index in [1.807, 2.05) is 110 Å². The Hall–Kier alpha value is -4.45. The maximum Gasteiger partial charge on any atom is 0.258 e. The van der Waals surface area contributed by atoms with Crippen LogP contribution in [-0.2, 0) is 11.3 Å². The molecule has 2 aromatic heterocycles. The largest absolute Gasteiger partial charge is 0.468 e. The molecule has 5 rings (SSSR count). The average molecular weight is 463 g/mol. The molecule has 2 heterocycles. The van der Waals surface area contributed by atoms with Gasteiger partial charge < -0.3 is 10.1 Å². The lowest BCUT2D eigenvalue weighted by Crippen LogP contribution is -2.28. The van der Waals surface area contributed by atoms with Gasteiger partial charge in [0.25, 0.3) is 5.91 Å². The molecule has 0 unspecified atom stereocenters. The van der Waals surface area contributed by atoms with Crippen LogP contribution in [0, 0.1) is 13.8 Å². The first-order valence-electron chi connectivity index (χ1n) is 11.6. The Morgan fingerprint density at radius 2 is 1.57 bits per heavy atom. The smallest absolute Gasteiger partial charge is 0.258 e. The number of carbonyl (C=O) groups is 1. The van der Waals surface area contributed by atoms with E-state index in [9.17, 15) is 4.79 Å². The van der Waals surface area contributed by atoms with Gasteiger partial charge in [0.2, 0.25) is 5.88 Å². The van der Waals surface area contributed by atoms with E-state index < -0.39 is 0 Å². The number of hydrogen-bond donors (Lipinski definition) is 1. The SMILES string of the molecule is Cc1ccccc1CNC(=O)COc1cc(C)c2c(-c3ccccc3)nn(-c3ccccc3)c2n1. The number of aryl methyl sites for hydroxylation is 2. The molecule has 0 aliphatic heterocycles. The molecule has 174 valence electrons. The molecule has 0 saturated heterocycles. The summed E-state index contributed by atoms with van der Waals surface area (Å²) in [6, 6.07) is 29.8. The number of carbonyl (C=O) groups excluding carboxylic acids is 1. The summed E-state index contributed by atoms with van der Waals surface area (Å²) in [6.45, 7) is 4.38. The molecule has 0 atom stereocenters. The van der Waals surface area contributed by atoms with E-state index in [0.717, 1.165) is 39.0 Å². The molecule has 0 bridgehead atoms. The molecule has 0 radical (unpaired) electrons. The summed E-state index contributed by atoms with van der Waals surface area (Å²) in [6.07, 6.45) is 0. The van der Waals surface area contributed by atoms with E-state index in [2.05, 4.69) is 5.32 Å². The van der Waals surface area contributed by atoms with Crippen molar-refractivity contribution in [2.24, 2.45) is 0 Å². The van der Waals surface area contributed by atoms with Gasteiger partial charge in [0.1, 0.15) is 5.69 Å². The topological polar surface area (TPSA) is 69.0 Å². The number of nitrogens with zero attached hydrogens (tertiary/aromatic N) is 3. The van der Waals surface area contributed by atoms with E-state index >= 15 is 0 Å². The van der Waals surface area contributed by atoms with Gasteiger partial charge in [0.15, 0.2) is 12.3 Å². The fourth-order valence-electron chi connectivity index (χ4n) is 4.08. The van der Waals surface area contributed by atoms with Crippen LogP contribution in [0.1, 0.15) is 16.7 Å². The summed E-state index contributed by atoms with van der Waals surface area (Å²) in [5, 5.41) is 8.79. The molecule has 1 amide bonds. The highest BCUT2D eigenvalue weighted by molar-refractivity contribution is 5.95. The van der Waals surface area contributed by atoms with E-state index in [4.69, 9.17) is 14.8 Å². The summed E-state index contributed by atoms with van der Waals surface area (Å²) >= 11 is 0. The van der Waals surface area contributed by atoms with Gasteiger partial charge in [-0.2, -0.15) is 10.1 Å². The van der Waals surface area contributed by atoms with Gasteiger partial charge in [-0.05, 0) is 42.7 Å². The molecule has 6 heteroatoms. The lowest BCUT2D eigenvalue weighted by atomic mass is 10.1. The van der Waals surface area contributed by atoms with Crippen molar-refractivity contribution in [3.63, 3.8) is 0 Å². The van der Waals surface area contributed by atoms with Gasteiger partial charge >= 0.3 is 0 Å². The number of benzene rings is 3. The number of rotatable bonds is 7. The van der Waals surface area contributed by atoms with Gasteiger partial charge in [-0.25, -0.2) is 4.68 Å². The minimum Gasteiger partial charge on any atom is -0.468 e. The molecular formula is C29H26N4O2. The van der Waals surface area contributed by atoms with Crippen LogP contribution in [0.2, 0.25) is 0 Å². The van der Waals surface area contributed by atoms with Crippen LogP contribution in [0.4, 0.5) is 0 Å². The second-order valence-electron chi connectivity index (χ2n) is 8.43. The lowest BCUT2D eigenvalue weighted by Gasteiger charge is -2.10. The Bertz CT molecular complexity index is 1480. The van der Waals surface area contributed by atoms with Crippen LogP contribution in [-0.4, -0.2) is 27.3 Å². The molecular weight excluding hydrogens is 436 g/mol. The second-order valence-corrected chi connectivity index (χ2v) is 8.43. The third-order valence-corrected chi connectivity index (χ3v) is 5.95.